The molecule has 2 rings (SSSR count). The molecule has 1 aliphatic rings. The highest BCUT2D eigenvalue weighted by Crippen LogP contribution is 2.31. The fourth-order valence-corrected chi connectivity index (χ4v) is 2.69. The van der Waals surface area contributed by atoms with Crippen molar-refractivity contribution in [3.63, 3.8) is 0 Å². The molecule has 7 heteroatoms. The number of sulfonamides is 1. The maximum absolute atomic E-state index is 11.9. The third kappa shape index (κ3) is 2.59. The van der Waals surface area contributed by atoms with Crippen LogP contribution in [0, 0.1) is 0 Å². The fraction of sp³-hybridized carbons (Fsp3) is 0.167. The molecule has 1 aromatic rings. The highest BCUT2D eigenvalue weighted by atomic mass is 35.5. The Labute approximate surface area is 120 Å². The standard InChI is InChI=1S/C12H9Cl2NO3S/c1-2-19(17,18)15-11-7-5-3-4-6-8(7)12(16)10(14)9(11)13/h3-6H,2H2,1H3. The Morgan fingerprint density at radius 1 is 1.11 bits per heavy atom. The Hall–Kier alpha value is -1.17. The molecule has 0 fully saturated rings. The van der Waals surface area contributed by atoms with Crippen LogP contribution >= 0.6 is 23.2 Å². The van der Waals surface area contributed by atoms with Gasteiger partial charge in [0.1, 0.15) is 10.7 Å². The predicted molar refractivity (Wildman–Crippen MR) is 75.5 cm³/mol. The van der Waals surface area contributed by atoms with Crippen LogP contribution in [-0.2, 0) is 10.0 Å². The largest absolute Gasteiger partial charge is 0.288 e. The topological polar surface area (TPSA) is 63.6 Å². The number of fused-ring (bicyclic) bond motifs is 1. The lowest BCUT2D eigenvalue weighted by Gasteiger charge is -2.16. The van der Waals surface area contributed by atoms with Crippen molar-refractivity contribution in [2.24, 2.45) is 4.40 Å². The molecular formula is C12H9Cl2NO3S. The second-order valence-corrected chi connectivity index (χ2v) is 6.49. The summed E-state index contributed by atoms with van der Waals surface area (Å²) in [6.07, 6.45) is 0. The first-order valence-electron chi connectivity index (χ1n) is 5.39. The van der Waals surface area contributed by atoms with Crippen LogP contribution in [-0.4, -0.2) is 25.7 Å². The normalized spacial score (nSPS) is 17.8. The van der Waals surface area contributed by atoms with E-state index in [0.717, 1.165) is 0 Å². The molecule has 0 bridgehead atoms. The van der Waals surface area contributed by atoms with Crippen LogP contribution in [0.2, 0.25) is 0 Å². The molecular weight excluding hydrogens is 309 g/mol. The molecule has 19 heavy (non-hydrogen) atoms. The zero-order valence-corrected chi connectivity index (χ0v) is 12.2. The van der Waals surface area contributed by atoms with Gasteiger partial charge in [0, 0.05) is 11.1 Å². The monoisotopic (exact) mass is 317 g/mol. The molecule has 1 aliphatic carbocycles. The smallest absolute Gasteiger partial charge is 0.253 e. The summed E-state index contributed by atoms with van der Waals surface area (Å²) >= 11 is 11.8. The van der Waals surface area contributed by atoms with Gasteiger partial charge in [0.15, 0.2) is 0 Å². The Balaban J connectivity index is 2.76. The highest BCUT2D eigenvalue weighted by Gasteiger charge is 2.29. The van der Waals surface area contributed by atoms with Gasteiger partial charge < -0.3 is 0 Å². The number of Topliss-reactive ketones (excluding diaryl/α,β-unsaturated/α-hetero) is 1. The number of hydrogen-bond donors (Lipinski definition) is 0. The van der Waals surface area contributed by atoms with Gasteiger partial charge in [0.25, 0.3) is 10.0 Å². The molecule has 0 amide bonds. The maximum Gasteiger partial charge on any atom is 0.253 e. The van der Waals surface area contributed by atoms with E-state index in [1.54, 1.807) is 24.3 Å². The van der Waals surface area contributed by atoms with Gasteiger partial charge in [0.2, 0.25) is 5.78 Å². The van der Waals surface area contributed by atoms with Crippen molar-refractivity contribution in [1.29, 1.82) is 0 Å². The molecule has 0 saturated heterocycles. The minimum atomic E-state index is -3.64. The van der Waals surface area contributed by atoms with Crippen LogP contribution in [0.25, 0.3) is 0 Å². The van der Waals surface area contributed by atoms with E-state index in [9.17, 15) is 13.2 Å². The van der Waals surface area contributed by atoms with Crippen molar-refractivity contribution in [3.8, 4) is 0 Å². The zero-order valence-electron chi connectivity index (χ0n) is 9.85. The molecule has 0 unspecified atom stereocenters. The lowest BCUT2D eigenvalue weighted by molar-refractivity contribution is 0.104. The first-order chi connectivity index (χ1) is 8.87. The van der Waals surface area contributed by atoms with E-state index < -0.39 is 15.8 Å². The first-order valence-corrected chi connectivity index (χ1v) is 7.76. The van der Waals surface area contributed by atoms with Gasteiger partial charge in [-0.3, -0.25) is 4.79 Å². The maximum atomic E-state index is 11.9. The molecule has 1 aromatic carbocycles. The number of nitrogens with zero attached hydrogens (tertiary/aromatic N) is 1. The van der Waals surface area contributed by atoms with Crippen molar-refractivity contribution in [2.45, 2.75) is 6.92 Å². The lowest BCUT2D eigenvalue weighted by Crippen LogP contribution is -2.20. The van der Waals surface area contributed by atoms with Crippen LogP contribution in [0.1, 0.15) is 22.8 Å². The van der Waals surface area contributed by atoms with Crippen molar-refractivity contribution in [2.75, 3.05) is 5.75 Å². The molecule has 0 N–H and O–H groups in total. The summed E-state index contributed by atoms with van der Waals surface area (Å²) in [5.41, 5.74) is 0.685. The van der Waals surface area contributed by atoms with Crippen LogP contribution in [0.4, 0.5) is 0 Å². The summed E-state index contributed by atoms with van der Waals surface area (Å²) in [7, 11) is -3.64. The van der Waals surface area contributed by atoms with Crippen LogP contribution < -0.4 is 0 Å². The quantitative estimate of drug-likeness (QED) is 0.842. The van der Waals surface area contributed by atoms with E-state index >= 15 is 0 Å². The molecule has 100 valence electrons. The summed E-state index contributed by atoms with van der Waals surface area (Å²) in [6.45, 7) is 1.47. The number of ketones is 1. The van der Waals surface area contributed by atoms with E-state index in [-0.39, 0.29) is 21.5 Å². The number of carbonyl (C=O) groups excluding carboxylic acids is 1. The van der Waals surface area contributed by atoms with Crippen LogP contribution in [0.5, 0.6) is 0 Å². The van der Waals surface area contributed by atoms with E-state index in [2.05, 4.69) is 4.40 Å². The number of halogens is 2. The Morgan fingerprint density at radius 2 is 1.68 bits per heavy atom. The van der Waals surface area contributed by atoms with E-state index in [1.807, 2.05) is 0 Å². The Morgan fingerprint density at radius 3 is 2.26 bits per heavy atom. The minimum absolute atomic E-state index is 0.0173. The molecule has 4 nitrogen and oxygen atoms in total. The number of rotatable bonds is 2. The predicted octanol–water partition coefficient (Wildman–Crippen LogP) is 2.71. The summed E-state index contributed by atoms with van der Waals surface area (Å²) in [4.78, 5) is 11.9. The molecule has 0 radical (unpaired) electrons. The van der Waals surface area contributed by atoms with Gasteiger partial charge in [-0.05, 0) is 6.92 Å². The molecule has 0 aromatic heterocycles. The SMILES string of the molecule is CCS(=O)(=O)N=C1C(Cl)=C(Cl)C(=O)c2ccccc21. The van der Waals surface area contributed by atoms with Gasteiger partial charge in [-0.15, -0.1) is 0 Å². The van der Waals surface area contributed by atoms with Gasteiger partial charge in [0.05, 0.1) is 10.8 Å². The number of carbonyl (C=O) groups is 1. The molecule has 0 saturated carbocycles. The number of benzene rings is 1. The number of hydrogen-bond acceptors (Lipinski definition) is 3. The van der Waals surface area contributed by atoms with Gasteiger partial charge in [-0.2, -0.15) is 4.40 Å². The van der Waals surface area contributed by atoms with Crippen molar-refractivity contribution in [3.05, 3.63) is 45.5 Å². The minimum Gasteiger partial charge on any atom is -0.288 e. The van der Waals surface area contributed by atoms with Gasteiger partial charge in [-0.1, -0.05) is 47.5 Å². The van der Waals surface area contributed by atoms with Crippen LogP contribution in [0.15, 0.2) is 38.7 Å². The average Bonchev–Trinajstić information content (AvgIpc) is 2.41. The Kier molecular flexibility index (Phi) is 3.80. The lowest BCUT2D eigenvalue weighted by atomic mass is 9.94. The average molecular weight is 318 g/mol. The fourth-order valence-electron chi connectivity index (χ4n) is 1.62. The molecule has 0 spiro atoms. The van der Waals surface area contributed by atoms with Crippen molar-refractivity contribution < 1.29 is 13.2 Å². The molecule has 0 atom stereocenters. The first kappa shape index (κ1) is 14.2. The highest BCUT2D eigenvalue weighted by molar-refractivity contribution is 7.90. The van der Waals surface area contributed by atoms with E-state index in [0.29, 0.717) is 11.1 Å². The number of allylic oxidation sites excluding steroid dienone is 2. The second kappa shape index (κ2) is 5.07. The third-order valence-electron chi connectivity index (χ3n) is 2.62. The van der Waals surface area contributed by atoms with Crippen molar-refractivity contribution in [1.82, 2.24) is 0 Å². The summed E-state index contributed by atoms with van der Waals surface area (Å²) < 4.78 is 26.9. The summed E-state index contributed by atoms with van der Waals surface area (Å²) in [5.74, 6) is -0.593. The zero-order chi connectivity index (χ0) is 14.2. The Bertz CT molecular complexity index is 720. The summed E-state index contributed by atoms with van der Waals surface area (Å²) in [5, 5.41) is -0.354. The van der Waals surface area contributed by atoms with E-state index in [4.69, 9.17) is 23.2 Å². The summed E-state index contributed by atoms with van der Waals surface area (Å²) in [6, 6.07) is 6.47. The van der Waals surface area contributed by atoms with Crippen molar-refractivity contribution >= 4 is 44.7 Å². The van der Waals surface area contributed by atoms with Crippen LogP contribution in [0.3, 0.4) is 0 Å². The molecule has 0 aliphatic heterocycles. The molecule has 0 heterocycles. The van der Waals surface area contributed by atoms with Gasteiger partial charge in [-0.25, -0.2) is 8.42 Å². The third-order valence-corrected chi connectivity index (χ3v) is 4.64. The second-order valence-electron chi connectivity index (χ2n) is 3.81. The van der Waals surface area contributed by atoms with E-state index in [1.165, 1.54) is 6.92 Å². The van der Waals surface area contributed by atoms with Gasteiger partial charge >= 0.3 is 0 Å².